The molecule has 9 heteroatoms. The molecule has 2 aromatic carbocycles. The molecular formula is C22H24FN5O2S. The second-order valence-electron chi connectivity index (χ2n) is 7.82. The van der Waals surface area contributed by atoms with Gasteiger partial charge in [-0.1, -0.05) is 42.1 Å². The summed E-state index contributed by atoms with van der Waals surface area (Å²) in [7, 11) is 0. The number of aromatic nitrogens is 3. The lowest BCUT2D eigenvalue weighted by Gasteiger charge is -2.20. The van der Waals surface area contributed by atoms with Gasteiger partial charge in [0.15, 0.2) is 11.0 Å². The molecule has 0 saturated carbocycles. The Kier molecular flexibility index (Phi) is 7.06. The van der Waals surface area contributed by atoms with E-state index in [9.17, 15) is 14.0 Å². The van der Waals surface area contributed by atoms with Crippen LogP contribution in [0.2, 0.25) is 0 Å². The van der Waals surface area contributed by atoms with Crippen LogP contribution in [0.3, 0.4) is 0 Å². The van der Waals surface area contributed by atoms with Crippen molar-refractivity contribution in [3.63, 3.8) is 0 Å². The highest BCUT2D eigenvalue weighted by atomic mass is 32.2. The smallest absolute Gasteiger partial charge is 0.254 e. The number of carbonyl (C=O) groups excluding carboxylic acids is 2. The largest absolute Gasteiger partial charge is 0.351 e. The van der Waals surface area contributed by atoms with Crippen molar-refractivity contribution in [1.82, 2.24) is 25.4 Å². The molecule has 2 amide bonds. The molecule has 0 saturated heterocycles. The average Bonchev–Trinajstić information content (AvgIpc) is 3.13. The minimum Gasteiger partial charge on any atom is -0.351 e. The van der Waals surface area contributed by atoms with Gasteiger partial charge in [0.05, 0.1) is 17.9 Å². The molecule has 31 heavy (non-hydrogen) atoms. The SMILES string of the molecule is CC(C)(C)NC(=O)CSc1nnc(CNC(=O)c2ccccc2F)n1-c1ccccc1. The monoisotopic (exact) mass is 441 g/mol. The number of hydrogen-bond donors (Lipinski definition) is 2. The molecule has 3 aromatic rings. The Labute approximate surface area is 184 Å². The van der Waals surface area contributed by atoms with E-state index in [0.29, 0.717) is 11.0 Å². The Morgan fingerprint density at radius 3 is 2.39 bits per heavy atom. The maximum Gasteiger partial charge on any atom is 0.254 e. The summed E-state index contributed by atoms with van der Waals surface area (Å²) < 4.78 is 15.6. The number of rotatable bonds is 7. The van der Waals surface area contributed by atoms with Crippen LogP contribution in [0, 0.1) is 5.82 Å². The van der Waals surface area contributed by atoms with Crippen molar-refractivity contribution in [3.8, 4) is 5.69 Å². The first-order chi connectivity index (χ1) is 14.7. The molecule has 0 aliphatic carbocycles. The molecule has 1 aromatic heterocycles. The number of para-hydroxylation sites is 1. The topological polar surface area (TPSA) is 88.9 Å². The van der Waals surface area contributed by atoms with E-state index >= 15 is 0 Å². The van der Waals surface area contributed by atoms with Gasteiger partial charge in [0, 0.05) is 11.2 Å². The molecule has 2 N–H and O–H groups in total. The Morgan fingerprint density at radius 1 is 1.03 bits per heavy atom. The third kappa shape index (κ3) is 6.14. The molecule has 162 valence electrons. The number of carbonyl (C=O) groups is 2. The predicted octanol–water partition coefficient (Wildman–Crippen LogP) is 3.34. The van der Waals surface area contributed by atoms with Crippen LogP contribution >= 0.6 is 11.8 Å². The van der Waals surface area contributed by atoms with Crippen molar-refractivity contribution in [1.29, 1.82) is 0 Å². The lowest BCUT2D eigenvalue weighted by Crippen LogP contribution is -2.41. The second-order valence-corrected chi connectivity index (χ2v) is 8.76. The van der Waals surface area contributed by atoms with Gasteiger partial charge in [0.25, 0.3) is 5.91 Å². The minimum atomic E-state index is -0.592. The van der Waals surface area contributed by atoms with Crippen LogP contribution in [0.1, 0.15) is 37.0 Å². The van der Waals surface area contributed by atoms with Crippen LogP contribution < -0.4 is 10.6 Å². The Balaban J connectivity index is 1.78. The van der Waals surface area contributed by atoms with Crippen LogP contribution in [-0.2, 0) is 11.3 Å². The van der Waals surface area contributed by atoms with E-state index in [1.807, 2.05) is 51.1 Å². The first kappa shape index (κ1) is 22.5. The van der Waals surface area contributed by atoms with Gasteiger partial charge >= 0.3 is 0 Å². The maximum absolute atomic E-state index is 13.9. The summed E-state index contributed by atoms with van der Waals surface area (Å²) in [5.74, 6) is -0.613. The van der Waals surface area contributed by atoms with Crippen molar-refractivity contribution in [2.45, 2.75) is 38.0 Å². The Bertz CT molecular complexity index is 1060. The third-order valence-electron chi connectivity index (χ3n) is 4.09. The first-order valence-electron chi connectivity index (χ1n) is 9.71. The second kappa shape index (κ2) is 9.74. The highest BCUT2D eigenvalue weighted by Gasteiger charge is 2.19. The van der Waals surface area contributed by atoms with Crippen molar-refractivity contribution in [2.24, 2.45) is 0 Å². The molecule has 0 bridgehead atoms. The van der Waals surface area contributed by atoms with Gasteiger partial charge in [-0.25, -0.2) is 4.39 Å². The fourth-order valence-electron chi connectivity index (χ4n) is 2.83. The lowest BCUT2D eigenvalue weighted by atomic mass is 10.1. The number of thioether (sulfide) groups is 1. The fraction of sp³-hybridized carbons (Fsp3) is 0.273. The number of halogens is 1. The molecule has 0 radical (unpaired) electrons. The van der Waals surface area contributed by atoms with Crippen molar-refractivity contribution >= 4 is 23.6 Å². The van der Waals surface area contributed by atoms with Crippen LogP contribution in [0.25, 0.3) is 5.69 Å². The van der Waals surface area contributed by atoms with Gasteiger partial charge < -0.3 is 10.6 Å². The average molecular weight is 442 g/mol. The summed E-state index contributed by atoms with van der Waals surface area (Å²) in [5.41, 5.74) is 0.426. The summed E-state index contributed by atoms with van der Waals surface area (Å²) >= 11 is 1.25. The van der Waals surface area contributed by atoms with Gasteiger partial charge in [-0.2, -0.15) is 0 Å². The number of amides is 2. The van der Waals surface area contributed by atoms with Crippen molar-refractivity contribution in [2.75, 3.05) is 5.75 Å². The molecule has 7 nitrogen and oxygen atoms in total. The fourth-order valence-corrected chi connectivity index (χ4v) is 3.60. The maximum atomic E-state index is 13.9. The highest BCUT2D eigenvalue weighted by molar-refractivity contribution is 7.99. The summed E-state index contributed by atoms with van der Waals surface area (Å²) in [6.45, 7) is 5.79. The van der Waals surface area contributed by atoms with Crippen LogP contribution in [0.4, 0.5) is 4.39 Å². The van der Waals surface area contributed by atoms with E-state index in [1.54, 1.807) is 10.6 Å². The number of nitrogens with one attached hydrogen (secondary N) is 2. The van der Waals surface area contributed by atoms with E-state index < -0.39 is 11.7 Å². The Hall–Kier alpha value is -3.20. The molecular weight excluding hydrogens is 417 g/mol. The Morgan fingerprint density at radius 2 is 1.71 bits per heavy atom. The van der Waals surface area contributed by atoms with Crippen LogP contribution in [0.5, 0.6) is 0 Å². The third-order valence-corrected chi connectivity index (χ3v) is 5.02. The molecule has 0 aliphatic heterocycles. The highest BCUT2D eigenvalue weighted by Crippen LogP contribution is 2.22. The van der Waals surface area contributed by atoms with Crippen molar-refractivity contribution < 1.29 is 14.0 Å². The molecule has 0 atom stereocenters. The molecule has 1 heterocycles. The first-order valence-corrected chi connectivity index (χ1v) is 10.7. The summed E-state index contributed by atoms with van der Waals surface area (Å²) in [6.07, 6.45) is 0. The number of nitrogens with zero attached hydrogens (tertiary/aromatic N) is 3. The summed E-state index contributed by atoms with van der Waals surface area (Å²) in [5, 5.41) is 14.5. The van der Waals surface area contributed by atoms with Gasteiger partial charge in [0.1, 0.15) is 5.82 Å². The van der Waals surface area contributed by atoms with Crippen LogP contribution in [0.15, 0.2) is 59.8 Å². The van der Waals surface area contributed by atoms with Gasteiger partial charge in [0.2, 0.25) is 5.91 Å². The standard InChI is InChI=1S/C22H24FN5O2S/c1-22(2,3)25-19(29)14-31-21-27-26-18(28(21)15-9-5-4-6-10-15)13-24-20(30)16-11-7-8-12-17(16)23/h4-12H,13-14H2,1-3H3,(H,24,30)(H,25,29). The van der Waals surface area contributed by atoms with E-state index in [0.717, 1.165) is 5.69 Å². The van der Waals surface area contributed by atoms with E-state index in [-0.39, 0.29) is 29.3 Å². The zero-order valence-corrected chi connectivity index (χ0v) is 18.4. The molecule has 3 rings (SSSR count). The van der Waals surface area contributed by atoms with Crippen LogP contribution in [-0.4, -0.2) is 37.9 Å². The van der Waals surface area contributed by atoms with Gasteiger partial charge in [-0.05, 0) is 45.0 Å². The molecule has 0 fully saturated rings. The molecule has 0 unspecified atom stereocenters. The summed E-state index contributed by atoms with van der Waals surface area (Å²) in [6, 6.07) is 15.2. The molecule has 0 aliphatic rings. The zero-order chi connectivity index (χ0) is 22.4. The number of benzene rings is 2. The zero-order valence-electron chi connectivity index (χ0n) is 17.6. The predicted molar refractivity (Wildman–Crippen MR) is 118 cm³/mol. The van der Waals surface area contributed by atoms with Gasteiger partial charge in [-0.15, -0.1) is 10.2 Å². The van der Waals surface area contributed by atoms with Gasteiger partial charge in [-0.3, -0.25) is 14.2 Å². The minimum absolute atomic E-state index is 0.0401. The van der Waals surface area contributed by atoms with E-state index in [4.69, 9.17) is 0 Å². The lowest BCUT2D eigenvalue weighted by molar-refractivity contribution is -0.119. The quantitative estimate of drug-likeness (QED) is 0.549. The molecule has 0 spiro atoms. The number of hydrogen-bond acceptors (Lipinski definition) is 5. The normalized spacial score (nSPS) is 11.2. The van der Waals surface area contributed by atoms with E-state index in [2.05, 4.69) is 20.8 Å². The van der Waals surface area contributed by atoms with Crippen molar-refractivity contribution in [3.05, 3.63) is 71.8 Å². The summed E-state index contributed by atoms with van der Waals surface area (Å²) in [4.78, 5) is 24.6. The van der Waals surface area contributed by atoms with E-state index in [1.165, 1.54) is 30.0 Å².